The maximum absolute atomic E-state index is 14.0. The minimum Gasteiger partial charge on any atom is -0.383 e. The molecule has 1 unspecified atom stereocenters. The average Bonchev–Trinajstić information content (AvgIpc) is 2.71. The van der Waals surface area contributed by atoms with E-state index in [1.807, 2.05) is 13.0 Å². The van der Waals surface area contributed by atoms with E-state index in [1.54, 1.807) is 55.8 Å². The molecular weight excluding hydrogens is 373 g/mol. The van der Waals surface area contributed by atoms with Crippen molar-refractivity contribution in [3.05, 3.63) is 72.7 Å². The van der Waals surface area contributed by atoms with Crippen molar-refractivity contribution < 1.29 is 13.9 Å². The number of amides is 2. The molecule has 29 heavy (non-hydrogen) atoms. The molecule has 1 aromatic heterocycles. The van der Waals surface area contributed by atoms with Crippen molar-refractivity contribution in [1.29, 1.82) is 0 Å². The third kappa shape index (κ3) is 5.26. The summed E-state index contributed by atoms with van der Waals surface area (Å²) in [5.74, 6) is 0.172. The standard InChI is InChI=1S/C21H22FN5O2/c1-15(14-29-2)24-20-23-13-12-19(26-20)27(16-8-4-3-5-9-16)21(28)25-18-11-7-6-10-17(18)22/h3-13,15H,14H2,1-2H3,(H,25,28)(H,23,24,26). The Morgan fingerprint density at radius 2 is 1.86 bits per heavy atom. The highest BCUT2D eigenvalue weighted by molar-refractivity contribution is 6.06. The smallest absolute Gasteiger partial charge is 0.332 e. The molecule has 1 atom stereocenters. The van der Waals surface area contributed by atoms with Gasteiger partial charge in [0.2, 0.25) is 5.95 Å². The highest BCUT2D eigenvalue weighted by atomic mass is 19.1. The van der Waals surface area contributed by atoms with Crippen molar-refractivity contribution in [2.45, 2.75) is 13.0 Å². The first-order valence-electron chi connectivity index (χ1n) is 9.07. The summed E-state index contributed by atoms with van der Waals surface area (Å²) in [6.45, 7) is 2.41. The SMILES string of the molecule is COCC(C)Nc1nccc(N(C(=O)Nc2ccccc2F)c2ccccc2)n1. The van der Waals surface area contributed by atoms with Gasteiger partial charge < -0.3 is 15.4 Å². The number of rotatable bonds is 7. The Kier molecular flexibility index (Phi) is 6.70. The third-order valence-corrected chi connectivity index (χ3v) is 4.00. The average molecular weight is 395 g/mol. The van der Waals surface area contributed by atoms with E-state index in [9.17, 15) is 9.18 Å². The van der Waals surface area contributed by atoms with E-state index >= 15 is 0 Å². The Hall–Kier alpha value is -3.52. The minimum atomic E-state index is -0.545. The lowest BCUT2D eigenvalue weighted by Crippen LogP contribution is -2.32. The number of carbonyl (C=O) groups is 1. The molecule has 8 heteroatoms. The van der Waals surface area contributed by atoms with Crippen LogP contribution in [-0.4, -0.2) is 35.8 Å². The summed E-state index contributed by atoms with van der Waals surface area (Å²) in [7, 11) is 1.61. The molecule has 0 saturated heterocycles. The quantitative estimate of drug-likeness (QED) is 0.619. The fraction of sp³-hybridized carbons (Fsp3) is 0.190. The number of anilines is 4. The first kappa shape index (κ1) is 20.2. The van der Waals surface area contributed by atoms with Crippen LogP contribution in [-0.2, 0) is 4.74 Å². The predicted octanol–water partition coefficient (Wildman–Crippen LogP) is 4.43. The van der Waals surface area contributed by atoms with Crippen LogP contribution in [0, 0.1) is 5.82 Å². The predicted molar refractivity (Wildman–Crippen MR) is 111 cm³/mol. The van der Waals surface area contributed by atoms with Gasteiger partial charge in [0.05, 0.1) is 18.0 Å². The van der Waals surface area contributed by atoms with Crippen LogP contribution in [0.4, 0.5) is 32.3 Å². The van der Waals surface area contributed by atoms with E-state index in [0.29, 0.717) is 24.1 Å². The van der Waals surface area contributed by atoms with Crippen LogP contribution in [0.15, 0.2) is 66.9 Å². The molecule has 2 N–H and O–H groups in total. The van der Waals surface area contributed by atoms with E-state index in [2.05, 4.69) is 20.6 Å². The Labute approximate surface area is 168 Å². The van der Waals surface area contributed by atoms with E-state index in [1.165, 1.54) is 17.0 Å². The largest absolute Gasteiger partial charge is 0.383 e. The molecule has 0 aliphatic heterocycles. The van der Waals surface area contributed by atoms with Gasteiger partial charge in [0.25, 0.3) is 0 Å². The Balaban J connectivity index is 1.92. The van der Waals surface area contributed by atoms with E-state index in [4.69, 9.17) is 4.74 Å². The van der Waals surface area contributed by atoms with Gasteiger partial charge in [-0.1, -0.05) is 30.3 Å². The molecule has 0 aliphatic carbocycles. The summed E-state index contributed by atoms with van der Waals surface area (Å²) in [6, 6.07) is 16.0. The van der Waals surface area contributed by atoms with Crippen LogP contribution in [0.2, 0.25) is 0 Å². The number of ether oxygens (including phenoxy) is 1. The van der Waals surface area contributed by atoms with Gasteiger partial charge in [-0.05, 0) is 31.2 Å². The molecular formula is C21H22FN5O2. The number of aromatic nitrogens is 2. The van der Waals surface area contributed by atoms with Crippen molar-refractivity contribution in [1.82, 2.24) is 9.97 Å². The number of benzene rings is 2. The van der Waals surface area contributed by atoms with Gasteiger partial charge in [-0.25, -0.2) is 19.1 Å². The normalized spacial score (nSPS) is 11.6. The van der Waals surface area contributed by atoms with Gasteiger partial charge in [-0.3, -0.25) is 0 Å². The first-order valence-corrected chi connectivity index (χ1v) is 9.07. The second kappa shape index (κ2) is 9.61. The molecule has 7 nitrogen and oxygen atoms in total. The second-order valence-electron chi connectivity index (χ2n) is 6.32. The number of carbonyl (C=O) groups excluding carboxylic acids is 1. The van der Waals surface area contributed by atoms with Crippen LogP contribution >= 0.6 is 0 Å². The molecule has 0 fully saturated rings. The zero-order valence-electron chi connectivity index (χ0n) is 16.2. The maximum atomic E-state index is 14.0. The zero-order chi connectivity index (χ0) is 20.6. The van der Waals surface area contributed by atoms with E-state index < -0.39 is 11.8 Å². The summed E-state index contributed by atoms with van der Waals surface area (Å²) >= 11 is 0. The van der Waals surface area contributed by atoms with E-state index in [0.717, 1.165) is 0 Å². The number of hydrogen-bond donors (Lipinski definition) is 2. The number of nitrogens with one attached hydrogen (secondary N) is 2. The topological polar surface area (TPSA) is 79.4 Å². The Morgan fingerprint density at radius 3 is 2.59 bits per heavy atom. The van der Waals surface area contributed by atoms with E-state index in [-0.39, 0.29) is 11.7 Å². The van der Waals surface area contributed by atoms with Gasteiger partial charge in [0, 0.05) is 25.4 Å². The lowest BCUT2D eigenvalue weighted by Gasteiger charge is -2.23. The first-order chi connectivity index (χ1) is 14.1. The number of nitrogens with zero attached hydrogens (tertiary/aromatic N) is 3. The number of hydrogen-bond acceptors (Lipinski definition) is 5. The number of methoxy groups -OCH3 is 1. The summed E-state index contributed by atoms with van der Waals surface area (Å²) < 4.78 is 19.1. The van der Waals surface area contributed by atoms with Crippen LogP contribution in [0.1, 0.15) is 6.92 Å². The highest BCUT2D eigenvalue weighted by Crippen LogP contribution is 2.26. The zero-order valence-corrected chi connectivity index (χ0v) is 16.2. The number of urea groups is 1. The van der Waals surface area contributed by atoms with Gasteiger partial charge in [-0.2, -0.15) is 4.98 Å². The van der Waals surface area contributed by atoms with Crippen molar-refractivity contribution in [2.24, 2.45) is 0 Å². The molecule has 0 radical (unpaired) electrons. The molecule has 1 heterocycles. The molecule has 3 aromatic rings. The molecule has 0 saturated carbocycles. The Morgan fingerprint density at radius 1 is 1.14 bits per heavy atom. The molecule has 0 bridgehead atoms. The highest BCUT2D eigenvalue weighted by Gasteiger charge is 2.21. The van der Waals surface area contributed by atoms with Gasteiger partial charge in [-0.15, -0.1) is 0 Å². The molecule has 2 amide bonds. The van der Waals surface area contributed by atoms with Crippen LogP contribution in [0.3, 0.4) is 0 Å². The van der Waals surface area contributed by atoms with Crippen LogP contribution < -0.4 is 15.5 Å². The summed E-state index contributed by atoms with van der Waals surface area (Å²) in [4.78, 5) is 23.1. The Bertz CT molecular complexity index is 955. The van der Waals surface area contributed by atoms with Crippen molar-refractivity contribution in [3.8, 4) is 0 Å². The van der Waals surface area contributed by atoms with Crippen LogP contribution in [0.5, 0.6) is 0 Å². The number of halogens is 1. The van der Waals surface area contributed by atoms with Crippen molar-refractivity contribution in [3.63, 3.8) is 0 Å². The minimum absolute atomic E-state index is 0.0207. The second-order valence-corrected chi connectivity index (χ2v) is 6.32. The van der Waals surface area contributed by atoms with Crippen molar-refractivity contribution >= 4 is 29.2 Å². The lowest BCUT2D eigenvalue weighted by molar-refractivity contribution is 0.190. The molecule has 3 rings (SSSR count). The molecule has 0 spiro atoms. The summed E-state index contributed by atoms with van der Waals surface area (Å²) in [5.41, 5.74) is 0.662. The van der Waals surface area contributed by atoms with Gasteiger partial charge >= 0.3 is 6.03 Å². The van der Waals surface area contributed by atoms with Crippen LogP contribution in [0.25, 0.3) is 0 Å². The molecule has 2 aromatic carbocycles. The maximum Gasteiger partial charge on any atom is 0.332 e. The number of para-hydroxylation sites is 2. The fourth-order valence-corrected chi connectivity index (χ4v) is 2.72. The molecule has 150 valence electrons. The third-order valence-electron chi connectivity index (χ3n) is 4.00. The lowest BCUT2D eigenvalue weighted by atomic mass is 10.3. The molecule has 0 aliphatic rings. The fourth-order valence-electron chi connectivity index (χ4n) is 2.72. The van der Waals surface area contributed by atoms with Gasteiger partial charge in [0.1, 0.15) is 11.6 Å². The monoisotopic (exact) mass is 395 g/mol. The van der Waals surface area contributed by atoms with Gasteiger partial charge in [0.15, 0.2) is 0 Å². The summed E-state index contributed by atoms with van der Waals surface area (Å²) in [5, 5.41) is 5.72. The van der Waals surface area contributed by atoms with Crippen molar-refractivity contribution in [2.75, 3.05) is 29.3 Å². The summed E-state index contributed by atoms with van der Waals surface area (Å²) in [6.07, 6.45) is 1.55.